The Balaban J connectivity index is 1.55. The lowest BCUT2D eigenvalue weighted by atomic mass is 9.84. The van der Waals surface area contributed by atoms with Gasteiger partial charge in [-0.25, -0.2) is 0 Å². The van der Waals surface area contributed by atoms with Gasteiger partial charge in [0.15, 0.2) is 0 Å². The minimum Gasteiger partial charge on any atom is -0.335 e. The van der Waals surface area contributed by atoms with Gasteiger partial charge in [-0.3, -0.25) is 4.79 Å². The van der Waals surface area contributed by atoms with Crippen molar-refractivity contribution in [2.45, 2.75) is 51.1 Å². The largest absolute Gasteiger partial charge is 0.335 e. The number of nitrogens with zero attached hydrogens (tertiary/aromatic N) is 1. The van der Waals surface area contributed by atoms with Crippen LogP contribution in [0.15, 0.2) is 18.2 Å². The highest BCUT2D eigenvalue weighted by Gasteiger charge is 2.36. The standard InChI is InChI=1S/C18H24N2O/c21-18-7-6-16-11-19-9-8-17(16)20(18)12-13-4-5-14-2-1-3-15(14)10-13/h4-5,10,16-17,19H,1-3,6-9,11-12H2. The van der Waals surface area contributed by atoms with Gasteiger partial charge in [-0.2, -0.15) is 0 Å². The maximum absolute atomic E-state index is 12.4. The Hall–Kier alpha value is -1.35. The van der Waals surface area contributed by atoms with Gasteiger partial charge in [0.05, 0.1) is 0 Å². The normalized spacial score (nSPS) is 28.4. The molecule has 3 heteroatoms. The fourth-order valence-electron chi connectivity index (χ4n) is 4.38. The summed E-state index contributed by atoms with van der Waals surface area (Å²) in [4.78, 5) is 14.6. The Kier molecular flexibility index (Phi) is 3.46. The SMILES string of the molecule is O=C1CCC2CNCCC2N1Cc1ccc2c(c1)CCC2. The maximum atomic E-state index is 12.4. The van der Waals surface area contributed by atoms with Gasteiger partial charge in [0.2, 0.25) is 5.91 Å². The van der Waals surface area contributed by atoms with Gasteiger partial charge in [-0.05, 0) is 67.8 Å². The number of nitrogens with one attached hydrogen (secondary N) is 1. The summed E-state index contributed by atoms with van der Waals surface area (Å²) in [5.41, 5.74) is 4.35. The molecule has 2 heterocycles. The second-order valence-corrected chi connectivity index (χ2v) is 6.84. The summed E-state index contributed by atoms with van der Waals surface area (Å²) in [7, 11) is 0. The Morgan fingerprint density at radius 3 is 3.00 bits per heavy atom. The second kappa shape index (κ2) is 5.45. The number of rotatable bonds is 2. The highest BCUT2D eigenvalue weighted by molar-refractivity contribution is 5.77. The van der Waals surface area contributed by atoms with E-state index < -0.39 is 0 Å². The summed E-state index contributed by atoms with van der Waals surface area (Å²) in [6.07, 6.45) is 6.64. The molecule has 2 atom stereocenters. The number of fused-ring (bicyclic) bond motifs is 2. The van der Waals surface area contributed by atoms with Crippen LogP contribution in [0.1, 0.15) is 42.4 Å². The summed E-state index contributed by atoms with van der Waals surface area (Å²) in [5.74, 6) is 1.02. The van der Waals surface area contributed by atoms with Crippen LogP contribution in [0, 0.1) is 5.92 Å². The van der Waals surface area contributed by atoms with Gasteiger partial charge in [0, 0.05) is 19.0 Å². The molecular weight excluding hydrogens is 260 g/mol. The van der Waals surface area contributed by atoms with Crippen molar-refractivity contribution < 1.29 is 4.79 Å². The Morgan fingerprint density at radius 2 is 2.05 bits per heavy atom. The topological polar surface area (TPSA) is 32.3 Å². The smallest absolute Gasteiger partial charge is 0.223 e. The first kappa shape index (κ1) is 13.3. The molecule has 0 saturated carbocycles. The second-order valence-electron chi connectivity index (χ2n) is 6.84. The van der Waals surface area contributed by atoms with Crippen molar-refractivity contribution in [3.63, 3.8) is 0 Å². The van der Waals surface area contributed by atoms with Crippen LogP contribution in [-0.2, 0) is 24.2 Å². The zero-order chi connectivity index (χ0) is 14.2. The van der Waals surface area contributed by atoms with Crippen molar-refractivity contribution >= 4 is 5.91 Å². The molecule has 2 saturated heterocycles. The molecule has 0 aromatic heterocycles. The minimum absolute atomic E-state index is 0.360. The first-order valence-electron chi connectivity index (χ1n) is 8.42. The third-order valence-electron chi connectivity index (χ3n) is 5.53. The molecule has 3 nitrogen and oxygen atoms in total. The quantitative estimate of drug-likeness (QED) is 0.903. The van der Waals surface area contributed by atoms with Crippen LogP contribution in [0.25, 0.3) is 0 Å². The van der Waals surface area contributed by atoms with Crippen molar-refractivity contribution in [2.24, 2.45) is 5.92 Å². The van der Waals surface area contributed by atoms with E-state index >= 15 is 0 Å². The molecule has 0 spiro atoms. The Morgan fingerprint density at radius 1 is 1.14 bits per heavy atom. The molecular formula is C18H24N2O. The fourth-order valence-corrected chi connectivity index (χ4v) is 4.38. The molecule has 4 rings (SSSR count). The lowest BCUT2D eigenvalue weighted by Crippen LogP contribution is -2.54. The molecule has 2 fully saturated rings. The minimum atomic E-state index is 0.360. The highest BCUT2D eigenvalue weighted by atomic mass is 16.2. The van der Waals surface area contributed by atoms with E-state index in [1.807, 2.05) is 0 Å². The van der Waals surface area contributed by atoms with E-state index in [2.05, 4.69) is 28.4 Å². The van der Waals surface area contributed by atoms with E-state index in [0.717, 1.165) is 38.9 Å². The lowest BCUT2D eigenvalue weighted by molar-refractivity contribution is -0.140. The first-order valence-corrected chi connectivity index (χ1v) is 8.42. The summed E-state index contributed by atoms with van der Waals surface area (Å²) < 4.78 is 0. The first-order chi connectivity index (χ1) is 10.3. The van der Waals surface area contributed by atoms with Gasteiger partial charge in [0.1, 0.15) is 0 Å². The Labute approximate surface area is 126 Å². The fraction of sp³-hybridized carbons (Fsp3) is 0.611. The van der Waals surface area contributed by atoms with Crippen LogP contribution < -0.4 is 5.32 Å². The average Bonchev–Trinajstić information content (AvgIpc) is 2.98. The number of hydrogen-bond acceptors (Lipinski definition) is 2. The third kappa shape index (κ3) is 2.48. The van der Waals surface area contributed by atoms with Crippen molar-refractivity contribution in [2.75, 3.05) is 13.1 Å². The van der Waals surface area contributed by atoms with Crippen LogP contribution in [0.4, 0.5) is 0 Å². The van der Waals surface area contributed by atoms with E-state index in [0.29, 0.717) is 17.9 Å². The number of aryl methyl sites for hydroxylation is 2. The zero-order valence-corrected chi connectivity index (χ0v) is 12.6. The number of amides is 1. The van der Waals surface area contributed by atoms with E-state index in [1.165, 1.54) is 36.0 Å². The number of carbonyl (C=O) groups is 1. The summed E-state index contributed by atoms with van der Waals surface area (Å²) in [5, 5.41) is 3.48. The summed E-state index contributed by atoms with van der Waals surface area (Å²) >= 11 is 0. The Bertz CT molecular complexity index is 554. The zero-order valence-electron chi connectivity index (χ0n) is 12.6. The van der Waals surface area contributed by atoms with Crippen molar-refractivity contribution in [1.29, 1.82) is 0 Å². The lowest BCUT2D eigenvalue weighted by Gasteiger charge is -2.44. The monoisotopic (exact) mass is 284 g/mol. The maximum Gasteiger partial charge on any atom is 0.223 e. The predicted octanol–water partition coefficient (Wildman–Crippen LogP) is 2.28. The van der Waals surface area contributed by atoms with Gasteiger partial charge in [0.25, 0.3) is 0 Å². The third-order valence-corrected chi connectivity index (χ3v) is 5.53. The highest BCUT2D eigenvalue weighted by Crippen LogP contribution is 2.31. The van der Waals surface area contributed by atoms with Crippen LogP contribution in [-0.4, -0.2) is 29.9 Å². The van der Waals surface area contributed by atoms with Gasteiger partial charge in [-0.1, -0.05) is 18.2 Å². The average molecular weight is 284 g/mol. The predicted molar refractivity (Wildman–Crippen MR) is 83.0 cm³/mol. The van der Waals surface area contributed by atoms with Crippen LogP contribution >= 0.6 is 0 Å². The molecule has 112 valence electrons. The van der Waals surface area contributed by atoms with Crippen molar-refractivity contribution in [3.05, 3.63) is 34.9 Å². The van der Waals surface area contributed by atoms with Crippen LogP contribution in [0.5, 0.6) is 0 Å². The molecule has 1 aromatic carbocycles. The number of benzene rings is 1. The van der Waals surface area contributed by atoms with Crippen LogP contribution in [0.3, 0.4) is 0 Å². The van der Waals surface area contributed by atoms with Crippen LogP contribution in [0.2, 0.25) is 0 Å². The molecule has 1 amide bonds. The molecule has 3 aliphatic rings. The number of hydrogen-bond donors (Lipinski definition) is 1. The number of likely N-dealkylation sites (tertiary alicyclic amines) is 1. The molecule has 1 aromatic rings. The number of piperidine rings is 2. The van der Waals surface area contributed by atoms with E-state index in [4.69, 9.17) is 0 Å². The van der Waals surface area contributed by atoms with E-state index in [9.17, 15) is 4.79 Å². The molecule has 21 heavy (non-hydrogen) atoms. The molecule has 0 radical (unpaired) electrons. The van der Waals surface area contributed by atoms with Gasteiger partial charge in [-0.15, -0.1) is 0 Å². The summed E-state index contributed by atoms with van der Waals surface area (Å²) in [6, 6.07) is 7.33. The molecule has 0 bridgehead atoms. The van der Waals surface area contributed by atoms with Gasteiger partial charge >= 0.3 is 0 Å². The molecule has 1 N–H and O–H groups in total. The number of carbonyl (C=O) groups excluding carboxylic acids is 1. The van der Waals surface area contributed by atoms with Crippen molar-refractivity contribution in [3.8, 4) is 0 Å². The van der Waals surface area contributed by atoms with Gasteiger partial charge < -0.3 is 10.2 Å². The molecule has 2 aliphatic heterocycles. The van der Waals surface area contributed by atoms with Crippen molar-refractivity contribution in [1.82, 2.24) is 10.2 Å². The van der Waals surface area contributed by atoms with E-state index in [1.54, 1.807) is 0 Å². The summed E-state index contributed by atoms with van der Waals surface area (Å²) in [6.45, 7) is 2.95. The molecule has 2 unspecified atom stereocenters. The van der Waals surface area contributed by atoms with E-state index in [-0.39, 0.29) is 0 Å². The molecule has 1 aliphatic carbocycles.